The first kappa shape index (κ1) is 18.8. The van der Waals surface area contributed by atoms with Crippen molar-refractivity contribution in [2.24, 2.45) is 0 Å². The highest BCUT2D eigenvalue weighted by Crippen LogP contribution is 2.40. The van der Waals surface area contributed by atoms with E-state index < -0.39 is 36.7 Å². The Bertz CT molecular complexity index is 893. The lowest BCUT2D eigenvalue weighted by atomic mass is 9.92. The van der Waals surface area contributed by atoms with E-state index in [1.54, 1.807) is 19.9 Å². The maximum absolute atomic E-state index is 11.5. The van der Waals surface area contributed by atoms with E-state index in [4.69, 9.17) is 19.9 Å². The van der Waals surface area contributed by atoms with Gasteiger partial charge in [-0.05, 0) is 26.0 Å². The largest absolute Gasteiger partial charge is 0.508 e. The summed E-state index contributed by atoms with van der Waals surface area (Å²) in [5.74, 6) is 0.175. The Labute approximate surface area is 153 Å². The van der Waals surface area contributed by atoms with Gasteiger partial charge in [0.25, 0.3) is 0 Å². The number of rotatable bonds is 4. The minimum Gasteiger partial charge on any atom is -0.432 e. The van der Waals surface area contributed by atoms with Crippen LogP contribution in [-0.4, -0.2) is 62.0 Å². The zero-order valence-electron chi connectivity index (χ0n) is 14.6. The van der Waals surface area contributed by atoms with Crippen LogP contribution in [0.4, 0.5) is 10.6 Å². The van der Waals surface area contributed by atoms with Gasteiger partial charge in [0.15, 0.2) is 5.82 Å². The molecule has 0 amide bonds. The molecule has 0 bridgehead atoms. The van der Waals surface area contributed by atoms with Gasteiger partial charge in [0.2, 0.25) is 5.60 Å². The number of hydrogen-bond acceptors (Lipinski definition) is 10. The fourth-order valence-electron chi connectivity index (χ4n) is 2.93. The Morgan fingerprint density at radius 1 is 1.52 bits per heavy atom. The van der Waals surface area contributed by atoms with Gasteiger partial charge in [-0.2, -0.15) is 10.4 Å². The Morgan fingerprint density at radius 3 is 2.93 bits per heavy atom. The first-order chi connectivity index (χ1) is 12.8. The van der Waals surface area contributed by atoms with E-state index >= 15 is 0 Å². The fourth-order valence-corrected chi connectivity index (χ4v) is 2.93. The van der Waals surface area contributed by atoms with E-state index in [-0.39, 0.29) is 17.6 Å². The number of hydrogen-bond donors (Lipinski definition) is 3. The molecule has 4 N–H and O–H groups in total. The van der Waals surface area contributed by atoms with Crippen LogP contribution in [0.5, 0.6) is 0 Å². The van der Waals surface area contributed by atoms with Gasteiger partial charge in [0.1, 0.15) is 42.8 Å². The third-order valence-electron chi connectivity index (χ3n) is 4.18. The lowest BCUT2D eigenvalue weighted by Gasteiger charge is -2.24. The molecule has 1 fully saturated rings. The molecule has 2 aromatic heterocycles. The predicted octanol–water partition coefficient (Wildman–Crippen LogP) is -0.287. The molecular formula is C16H19N5O6. The molecule has 1 saturated heterocycles. The van der Waals surface area contributed by atoms with Crippen LogP contribution in [0.15, 0.2) is 18.5 Å². The maximum Gasteiger partial charge on any atom is 0.508 e. The molecule has 144 valence electrons. The minimum atomic E-state index is -1.94. The van der Waals surface area contributed by atoms with Gasteiger partial charge in [-0.1, -0.05) is 0 Å². The molecule has 0 saturated carbocycles. The molecule has 0 aliphatic carbocycles. The quantitative estimate of drug-likeness (QED) is 0.603. The molecule has 2 aromatic rings. The third kappa shape index (κ3) is 3.14. The highest BCUT2D eigenvalue weighted by molar-refractivity contribution is 5.66. The molecule has 3 heterocycles. The van der Waals surface area contributed by atoms with E-state index in [1.807, 2.05) is 6.07 Å². The normalized spacial score (nSPS) is 27.6. The number of nitriles is 1. The summed E-state index contributed by atoms with van der Waals surface area (Å²) in [6.07, 6.45) is -4.39. The fraction of sp³-hybridized carbons (Fsp3) is 0.500. The van der Waals surface area contributed by atoms with Crippen molar-refractivity contribution in [2.45, 2.75) is 43.9 Å². The van der Waals surface area contributed by atoms with Crippen LogP contribution in [-0.2, 0) is 19.8 Å². The van der Waals surface area contributed by atoms with Gasteiger partial charge in [0, 0.05) is 0 Å². The molecule has 27 heavy (non-hydrogen) atoms. The van der Waals surface area contributed by atoms with E-state index in [9.17, 15) is 20.3 Å². The number of carbonyl (C=O) groups is 1. The summed E-state index contributed by atoms with van der Waals surface area (Å²) >= 11 is 0. The predicted molar refractivity (Wildman–Crippen MR) is 89.1 cm³/mol. The van der Waals surface area contributed by atoms with Gasteiger partial charge in [-0.3, -0.25) is 0 Å². The van der Waals surface area contributed by atoms with Crippen LogP contribution < -0.4 is 5.73 Å². The van der Waals surface area contributed by atoms with Gasteiger partial charge < -0.3 is 30.2 Å². The number of aromatic nitrogens is 3. The first-order valence-corrected chi connectivity index (χ1v) is 8.17. The number of fused-ring (bicyclic) bond motifs is 1. The number of nitrogens with two attached hydrogens (primary N) is 1. The van der Waals surface area contributed by atoms with Crippen molar-refractivity contribution in [1.29, 1.82) is 5.26 Å². The maximum atomic E-state index is 11.5. The van der Waals surface area contributed by atoms with E-state index in [0.717, 1.165) is 0 Å². The lowest BCUT2D eigenvalue weighted by molar-refractivity contribution is -0.0737. The molecule has 0 radical (unpaired) electrons. The monoisotopic (exact) mass is 377 g/mol. The Morgan fingerprint density at radius 2 is 2.26 bits per heavy atom. The standard InChI is InChI=1S/C16H19N5O6/c1-8(2)26-15(24)25-5-10-12(22)13(23)16(6-17,27-10)11-4-3-9-14(18)19-7-20-21(9)11/h3-4,7-8,10,12-13,22-23H,5H2,1-2H3,(H2,18,19,20)/t10?,12-,13-,16+/m1/s1. The number of aliphatic hydroxyl groups excluding tert-OH is 2. The van der Waals surface area contributed by atoms with Crippen molar-refractivity contribution in [3.8, 4) is 6.07 Å². The topological polar surface area (TPSA) is 165 Å². The summed E-state index contributed by atoms with van der Waals surface area (Å²) in [7, 11) is 0. The Balaban J connectivity index is 1.88. The van der Waals surface area contributed by atoms with Crippen LogP contribution in [0.2, 0.25) is 0 Å². The minimum absolute atomic E-state index is 0.160. The molecule has 11 nitrogen and oxygen atoms in total. The number of ether oxygens (including phenoxy) is 3. The zero-order chi connectivity index (χ0) is 19.8. The van der Waals surface area contributed by atoms with Crippen molar-refractivity contribution >= 4 is 17.5 Å². The van der Waals surface area contributed by atoms with Crippen LogP contribution in [0.25, 0.3) is 5.52 Å². The average Bonchev–Trinajstić information content (AvgIpc) is 3.15. The average molecular weight is 377 g/mol. The number of anilines is 1. The highest BCUT2D eigenvalue weighted by Gasteiger charge is 2.57. The number of carbonyl (C=O) groups excluding carboxylic acids is 1. The number of aliphatic hydroxyl groups is 2. The van der Waals surface area contributed by atoms with Gasteiger partial charge in [-0.25, -0.2) is 14.3 Å². The van der Waals surface area contributed by atoms with E-state index in [2.05, 4.69) is 10.1 Å². The zero-order valence-corrected chi connectivity index (χ0v) is 14.6. The van der Waals surface area contributed by atoms with Crippen molar-refractivity contribution in [2.75, 3.05) is 12.3 Å². The molecule has 3 rings (SSSR count). The first-order valence-electron chi connectivity index (χ1n) is 8.17. The summed E-state index contributed by atoms with van der Waals surface area (Å²) in [5, 5.41) is 34.6. The van der Waals surface area contributed by atoms with Crippen molar-refractivity contribution in [3.63, 3.8) is 0 Å². The molecule has 11 heteroatoms. The van der Waals surface area contributed by atoms with Crippen molar-refractivity contribution in [1.82, 2.24) is 14.6 Å². The highest BCUT2D eigenvalue weighted by atomic mass is 16.7. The number of nitrogens with zero attached hydrogens (tertiary/aromatic N) is 4. The molecule has 1 aliphatic rings. The molecule has 0 aromatic carbocycles. The second kappa shape index (κ2) is 6.99. The van der Waals surface area contributed by atoms with Gasteiger partial charge in [0.05, 0.1) is 11.8 Å². The molecular weight excluding hydrogens is 358 g/mol. The SMILES string of the molecule is CC(C)OC(=O)OCC1O[C@@](C#N)(c2ccc3c(N)ncnn23)[C@H](O)[C@@H]1O. The van der Waals surface area contributed by atoms with E-state index in [0.29, 0.717) is 5.52 Å². The van der Waals surface area contributed by atoms with E-state index in [1.165, 1.54) is 16.9 Å². The van der Waals surface area contributed by atoms with Crippen molar-refractivity contribution < 1.29 is 29.2 Å². The van der Waals surface area contributed by atoms with Crippen molar-refractivity contribution in [3.05, 3.63) is 24.2 Å². The van der Waals surface area contributed by atoms with Gasteiger partial charge >= 0.3 is 6.16 Å². The van der Waals surface area contributed by atoms with Crippen LogP contribution in [0.3, 0.4) is 0 Å². The second-order valence-corrected chi connectivity index (χ2v) is 6.33. The lowest BCUT2D eigenvalue weighted by Crippen LogP contribution is -2.41. The summed E-state index contributed by atoms with van der Waals surface area (Å²) in [6.45, 7) is 2.89. The molecule has 0 spiro atoms. The molecule has 4 atom stereocenters. The third-order valence-corrected chi connectivity index (χ3v) is 4.18. The summed E-state index contributed by atoms with van der Waals surface area (Å²) < 4.78 is 16.7. The Kier molecular flexibility index (Phi) is 4.88. The molecule has 1 aliphatic heterocycles. The summed E-state index contributed by atoms with van der Waals surface area (Å²) in [4.78, 5) is 15.4. The van der Waals surface area contributed by atoms with Crippen LogP contribution in [0.1, 0.15) is 19.5 Å². The number of nitrogen functional groups attached to an aromatic ring is 1. The van der Waals surface area contributed by atoms with Gasteiger partial charge in [-0.15, -0.1) is 0 Å². The van der Waals surface area contributed by atoms with Crippen LogP contribution >= 0.6 is 0 Å². The van der Waals surface area contributed by atoms with Crippen LogP contribution in [0, 0.1) is 11.3 Å². The summed E-state index contributed by atoms with van der Waals surface area (Å²) in [6, 6.07) is 4.96. The Hall–Kier alpha value is -2.94. The smallest absolute Gasteiger partial charge is 0.432 e. The molecule has 1 unspecified atom stereocenters. The second-order valence-electron chi connectivity index (χ2n) is 6.33. The summed E-state index contributed by atoms with van der Waals surface area (Å²) in [5.41, 5.74) is 4.41.